The molecule has 1 aliphatic rings. The number of halogens is 3. The topological polar surface area (TPSA) is 110 Å². The van der Waals surface area contributed by atoms with Crippen LogP contribution in [0, 0.1) is 0 Å². The molecule has 52 heavy (non-hydrogen) atoms. The summed E-state index contributed by atoms with van der Waals surface area (Å²) in [7, 11) is 1.63. The minimum Gasteiger partial charge on any atom is -0.491 e. The van der Waals surface area contributed by atoms with Crippen molar-refractivity contribution < 1.29 is 14.3 Å². The van der Waals surface area contributed by atoms with Crippen LogP contribution in [0.25, 0.3) is 33.4 Å². The van der Waals surface area contributed by atoms with Crippen molar-refractivity contribution in [2.24, 2.45) is 5.73 Å². The first-order valence-electron chi connectivity index (χ1n) is 17.2. The van der Waals surface area contributed by atoms with Crippen LogP contribution in [0.5, 0.6) is 5.75 Å². The number of nitrogens with two attached hydrogens (primary N) is 1. The number of aromatic amines is 1. The number of imidazole rings is 1. The summed E-state index contributed by atoms with van der Waals surface area (Å²) in [6.07, 6.45) is 3.51. The molecule has 7 rings (SSSR count). The van der Waals surface area contributed by atoms with E-state index in [4.69, 9.17) is 55.0 Å². The summed E-state index contributed by atoms with van der Waals surface area (Å²) in [5, 5.41) is 5.67. The van der Waals surface area contributed by atoms with Gasteiger partial charge >= 0.3 is 0 Å². The molecule has 0 saturated carbocycles. The zero-order chi connectivity index (χ0) is 36.4. The Bertz CT molecular complexity index is 2210. The van der Waals surface area contributed by atoms with Crippen LogP contribution in [0.2, 0.25) is 15.1 Å². The average molecular weight is 758 g/mol. The molecule has 12 heteroatoms. The van der Waals surface area contributed by atoms with Gasteiger partial charge in [0.2, 0.25) is 0 Å². The van der Waals surface area contributed by atoms with Gasteiger partial charge in [-0.15, -0.1) is 0 Å². The Labute approximate surface area is 317 Å². The third-order valence-corrected chi connectivity index (χ3v) is 10.3. The van der Waals surface area contributed by atoms with Gasteiger partial charge in [0, 0.05) is 69.4 Å². The quantitative estimate of drug-likeness (QED) is 0.114. The number of rotatable bonds is 11. The standard InChI is InChI=1S/C40H39Cl3N6O3/c1-24(30-11-8-26(41)20-32(30)43)49-23-45-37(25-6-4-3-5-7-25)39(49)36-31-12-9-27(42)21-33(31)46-38(36)40(50)47-34-22-29(52-19-18-51-2)10-13-35(34)48-16-14-28(44)15-17-48/h3-13,20-24,28,46H,14-19,44H2,1-2H3,(H,47,50)/t24-/m0/s1. The van der Waals surface area contributed by atoms with Crippen molar-refractivity contribution in [3.05, 3.63) is 118 Å². The molecule has 4 aromatic carbocycles. The van der Waals surface area contributed by atoms with Gasteiger partial charge in [0.25, 0.3) is 5.91 Å². The number of H-pyrrole nitrogens is 1. The van der Waals surface area contributed by atoms with Gasteiger partial charge in [0.15, 0.2) is 0 Å². The second-order valence-corrected chi connectivity index (χ2v) is 14.2. The Kier molecular flexibility index (Phi) is 10.8. The van der Waals surface area contributed by atoms with E-state index in [1.807, 2.05) is 85.8 Å². The lowest BCUT2D eigenvalue weighted by molar-refractivity contribution is 0.102. The van der Waals surface area contributed by atoms with E-state index in [-0.39, 0.29) is 18.0 Å². The van der Waals surface area contributed by atoms with Crippen molar-refractivity contribution in [2.75, 3.05) is 43.6 Å². The van der Waals surface area contributed by atoms with Gasteiger partial charge in [0.1, 0.15) is 18.1 Å². The highest BCUT2D eigenvalue weighted by atomic mass is 35.5. The first kappa shape index (κ1) is 35.9. The first-order chi connectivity index (χ1) is 25.2. The summed E-state index contributed by atoms with van der Waals surface area (Å²) in [6, 6.07) is 26.6. The molecule has 9 nitrogen and oxygen atoms in total. The zero-order valence-electron chi connectivity index (χ0n) is 28.8. The second-order valence-electron chi connectivity index (χ2n) is 12.9. The minimum atomic E-state index is -0.338. The van der Waals surface area contributed by atoms with E-state index >= 15 is 0 Å². The van der Waals surface area contributed by atoms with Crippen molar-refractivity contribution >= 4 is 63.0 Å². The average Bonchev–Trinajstić information content (AvgIpc) is 3.74. The summed E-state index contributed by atoms with van der Waals surface area (Å²) in [6.45, 7) is 4.40. The Morgan fingerprint density at radius 2 is 1.73 bits per heavy atom. The van der Waals surface area contributed by atoms with E-state index < -0.39 is 0 Å². The van der Waals surface area contributed by atoms with Crippen LogP contribution in [0.15, 0.2) is 91.3 Å². The third-order valence-electron chi connectivity index (χ3n) is 9.55. The van der Waals surface area contributed by atoms with Crippen LogP contribution in [0.4, 0.5) is 11.4 Å². The molecule has 0 bridgehead atoms. The number of hydrogen-bond donors (Lipinski definition) is 3. The second kappa shape index (κ2) is 15.6. The molecule has 268 valence electrons. The molecule has 4 N–H and O–H groups in total. The maximum absolute atomic E-state index is 14.8. The van der Waals surface area contributed by atoms with Crippen LogP contribution in [-0.2, 0) is 4.74 Å². The van der Waals surface area contributed by atoms with Crippen LogP contribution in [0.1, 0.15) is 41.9 Å². The SMILES string of the molecule is COCCOc1ccc(N2CCC(N)CC2)c(NC(=O)c2[nH]c3cc(Cl)ccc3c2-c2c(-c3ccccc3)ncn2[C@@H](C)c2ccc(Cl)cc2Cl)c1. The lowest BCUT2D eigenvalue weighted by Crippen LogP contribution is -2.40. The fourth-order valence-corrected chi connectivity index (χ4v) is 7.57. The highest BCUT2D eigenvalue weighted by Gasteiger charge is 2.29. The number of nitrogens with zero attached hydrogens (tertiary/aromatic N) is 3. The molecule has 2 aromatic heterocycles. The van der Waals surface area contributed by atoms with Crippen molar-refractivity contribution in [1.82, 2.24) is 14.5 Å². The zero-order valence-corrected chi connectivity index (χ0v) is 31.1. The number of hydrogen-bond acceptors (Lipinski definition) is 6. The molecule has 0 aliphatic carbocycles. The van der Waals surface area contributed by atoms with E-state index in [9.17, 15) is 4.79 Å². The largest absolute Gasteiger partial charge is 0.491 e. The monoisotopic (exact) mass is 756 g/mol. The fraction of sp³-hybridized carbons (Fsp3) is 0.250. The number of nitrogens with one attached hydrogen (secondary N) is 2. The van der Waals surface area contributed by atoms with Gasteiger partial charge < -0.3 is 35.0 Å². The number of methoxy groups -OCH3 is 1. The number of fused-ring (bicyclic) bond motifs is 1. The predicted octanol–water partition coefficient (Wildman–Crippen LogP) is 9.47. The van der Waals surface area contributed by atoms with E-state index in [0.717, 1.165) is 53.8 Å². The third kappa shape index (κ3) is 7.38. The Morgan fingerprint density at radius 1 is 0.981 bits per heavy atom. The summed E-state index contributed by atoms with van der Waals surface area (Å²) < 4.78 is 13.2. The van der Waals surface area contributed by atoms with Crippen molar-refractivity contribution in [1.29, 1.82) is 0 Å². The molecular formula is C40H39Cl3N6O3. The molecule has 0 radical (unpaired) electrons. The molecule has 1 aliphatic heterocycles. The number of benzene rings is 4. The van der Waals surface area contributed by atoms with Crippen LogP contribution >= 0.6 is 34.8 Å². The summed E-state index contributed by atoms with van der Waals surface area (Å²) in [5.41, 5.74) is 12.7. The van der Waals surface area contributed by atoms with Gasteiger partial charge in [-0.05, 0) is 61.7 Å². The molecule has 6 aromatic rings. The van der Waals surface area contributed by atoms with Crippen molar-refractivity contribution in [2.45, 2.75) is 31.8 Å². The van der Waals surface area contributed by atoms with Gasteiger partial charge in [-0.1, -0.05) is 77.3 Å². The van der Waals surface area contributed by atoms with Crippen LogP contribution in [0.3, 0.4) is 0 Å². The summed E-state index contributed by atoms with van der Waals surface area (Å²) in [4.78, 5) is 25.4. The molecule has 0 spiro atoms. The molecule has 0 unspecified atom stereocenters. The van der Waals surface area contributed by atoms with E-state index in [0.29, 0.717) is 62.2 Å². The van der Waals surface area contributed by atoms with Gasteiger partial charge in [0.05, 0.1) is 41.7 Å². The molecule has 1 saturated heterocycles. The van der Waals surface area contributed by atoms with E-state index in [1.165, 1.54) is 0 Å². The van der Waals surface area contributed by atoms with Gasteiger partial charge in [-0.3, -0.25) is 4.79 Å². The van der Waals surface area contributed by atoms with E-state index in [1.54, 1.807) is 19.5 Å². The predicted molar refractivity (Wildman–Crippen MR) is 211 cm³/mol. The van der Waals surface area contributed by atoms with E-state index in [2.05, 4.69) is 19.8 Å². The number of ether oxygens (including phenoxy) is 2. The van der Waals surface area contributed by atoms with Gasteiger partial charge in [-0.25, -0.2) is 4.98 Å². The number of aromatic nitrogens is 3. The maximum Gasteiger partial charge on any atom is 0.272 e. The number of anilines is 2. The number of amides is 1. The molecule has 1 amide bonds. The molecule has 1 fully saturated rings. The van der Waals surface area contributed by atoms with Crippen molar-refractivity contribution in [3.8, 4) is 28.3 Å². The van der Waals surface area contributed by atoms with Crippen LogP contribution in [-0.4, -0.2) is 59.9 Å². The summed E-state index contributed by atoms with van der Waals surface area (Å²) in [5.74, 6) is 0.279. The minimum absolute atomic E-state index is 0.153. The molecule has 1 atom stereocenters. The van der Waals surface area contributed by atoms with Gasteiger partial charge in [-0.2, -0.15) is 0 Å². The summed E-state index contributed by atoms with van der Waals surface area (Å²) >= 11 is 19.6. The number of piperidine rings is 1. The lowest BCUT2D eigenvalue weighted by Gasteiger charge is -2.33. The highest BCUT2D eigenvalue weighted by molar-refractivity contribution is 6.35. The normalized spacial score (nSPS) is 14.2. The number of carbonyl (C=O) groups excluding carboxylic acids is 1. The maximum atomic E-state index is 14.8. The molecular weight excluding hydrogens is 719 g/mol. The Balaban J connectivity index is 1.39. The lowest BCUT2D eigenvalue weighted by atomic mass is 9.99. The highest BCUT2D eigenvalue weighted by Crippen LogP contribution is 2.43. The molecule has 3 heterocycles. The van der Waals surface area contributed by atoms with Crippen molar-refractivity contribution in [3.63, 3.8) is 0 Å². The van der Waals surface area contributed by atoms with Crippen LogP contribution < -0.4 is 20.7 Å². The fourth-order valence-electron chi connectivity index (χ4n) is 6.83. The Morgan fingerprint density at radius 3 is 2.48 bits per heavy atom. The smallest absolute Gasteiger partial charge is 0.272 e. The number of carbonyl (C=O) groups is 1. The Hall–Kier alpha value is -4.51. The first-order valence-corrected chi connectivity index (χ1v) is 18.3.